The van der Waals surface area contributed by atoms with Crippen LogP contribution in [0.2, 0.25) is 0 Å². The molecule has 0 bridgehead atoms. The molecule has 12 heavy (non-hydrogen) atoms. The quantitative estimate of drug-likeness (QED) is 0.621. The predicted octanol–water partition coefficient (Wildman–Crippen LogP) is 1.51. The zero-order chi connectivity index (χ0) is 8.55. The summed E-state index contributed by atoms with van der Waals surface area (Å²) in [6, 6.07) is 0. The first-order valence-electron chi connectivity index (χ1n) is 5.17. The van der Waals surface area contributed by atoms with Gasteiger partial charge in [0.25, 0.3) is 0 Å². The highest BCUT2D eigenvalue weighted by Crippen LogP contribution is 2.36. The number of rotatable bonds is 2. The molecule has 1 saturated carbocycles. The fourth-order valence-corrected chi connectivity index (χ4v) is 2.06. The van der Waals surface area contributed by atoms with Crippen molar-refractivity contribution in [2.75, 3.05) is 19.6 Å². The standard InChI is InChI=1S/C10H19NO/c1-3-11-6-8(2)12-10(7-11)9-4-5-9/h8-10H,3-7H2,1-2H3. The van der Waals surface area contributed by atoms with E-state index < -0.39 is 0 Å². The highest BCUT2D eigenvalue weighted by atomic mass is 16.5. The number of hydrogen-bond acceptors (Lipinski definition) is 2. The van der Waals surface area contributed by atoms with E-state index >= 15 is 0 Å². The van der Waals surface area contributed by atoms with Crippen LogP contribution in [0.1, 0.15) is 26.7 Å². The van der Waals surface area contributed by atoms with Crippen molar-refractivity contribution < 1.29 is 4.74 Å². The average Bonchev–Trinajstić information content (AvgIpc) is 2.85. The van der Waals surface area contributed by atoms with Crippen LogP contribution in [0, 0.1) is 5.92 Å². The molecule has 2 fully saturated rings. The molecule has 0 amide bonds. The van der Waals surface area contributed by atoms with Crippen molar-refractivity contribution in [2.45, 2.75) is 38.9 Å². The predicted molar refractivity (Wildman–Crippen MR) is 49.2 cm³/mol. The van der Waals surface area contributed by atoms with Gasteiger partial charge < -0.3 is 4.74 Å². The van der Waals surface area contributed by atoms with E-state index in [0.717, 1.165) is 12.5 Å². The molecule has 0 N–H and O–H groups in total. The Morgan fingerprint density at radius 1 is 1.33 bits per heavy atom. The van der Waals surface area contributed by atoms with E-state index in [1.165, 1.54) is 25.9 Å². The van der Waals surface area contributed by atoms with Gasteiger partial charge in [-0.3, -0.25) is 4.90 Å². The van der Waals surface area contributed by atoms with Crippen molar-refractivity contribution in [3.05, 3.63) is 0 Å². The lowest BCUT2D eigenvalue weighted by molar-refractivity contribution is -0.0844. The number of morpholine rings is 1. The maximum absolute atomic E-state index is 5.90. The van der Waals surface area contributed by atoms with E-state index in [2.05, 4.69) is 18.7 Å². The molecule has 1 aliphatic carbocycles. The molecule has 1 heterocycles. The highest BCUT2D eigenvalue weighted by Gasteiger charge is 2.36. The molecule has 2 rings (SSSR count). The summed E-state index contributed by atoms with van der Waals surface area (Å²) < 4.78 is 5.90. The smallest absolute Gasteiger partial charge is 0.0734 e. The SMILES string of the molecule is CCN1CC(C)OC(C2CC2)C1. The van der Waals surface area contributed by atoms with Gasteiger partial charge in [0.15, 0.2) is 0 Å². The third-order valence-corrected chi connectivity index (χ3v) is 2.96. The molecule has 0 spiro atoms. The first kappa shape index (κ1) is 8.52. The fourth-order valence-electron chi connectivity index (χ4n) is 2.06. The van der Waals surface area contributed by atoms with Gasteiger partial charge in [-0.15, -0.1) is 0 Å². The van der Waals surface area contributed by atoms with Gasteiger partial charge in [0.1, 0.15) is 0 Å². The van der Waals surface area contributed by atoms with Gasteiger partial charge in [0, 0.05) is 13.1 Å². The van der Waals surface area contributed by atoms with Gasteiger partial charge in [0.2, 0.25) is 0 Å². The van der Waals surface area contributed by atoms with E-state index in [-0.39, 0.29) is 0 Å². The summed E-state index contributed by atoms with van der Waals surface area (Å²) in [6.45, 7) is 7.90. The average molecular weight is 169 g/mol. The van der Waals surface area contributed by atoms with Gasteiger partial charge in [0.05, 0.1) is 12.2 Å². The molecular weight excluding hydrogens is 150 g/mol. The summed E-state index contributed by atoms with van der Waals surface area (Å²) in [5, 5.41) is 0. The van der Waals surface area contributed by atoms with Crippen molar-refractivity contribution in [1.82, 2.24) is 4.90 Å². The second-order valence-corrected chi connectivity index (χ2v) is 4.17. The van der Waals surface area contributed by atoms with Crippen molar-refractivity contribution in [2.24, 2.45) is 5.92 Å². The Bertz CT molecular complexity index is 156. The van der Waals surface area contributed by atoms with Crippen LogP contribution in [0.25, 0.3) is 0 Å². The maximum atomic E-state index is 5.90. The van der Waals surface area contributed by atoms with Crippen LogP contribution in [-0.2, 0) is 4.74 Å². The van der Waals surface area contributed by atoms with E-state index in [1.807, 2.05) is 0 Å². The van der Waals surface area contributed by atoms with Crippen molar-refractivity contribution in [3.8, 4) is 0 Å². The summed E-state index contributed by atoms with van der Waals surface area (Å²) in [5.74, 6) is 0.891. The Morgan fingerprint density at radius 3 is 2.67 bits per heavy atom. The van der Waals surface area contributed by atoms with Crippen LogP contribution in [0.4, 0.5) is 0 Å². The van der Waals surface area contributed by atoms with Crippen molar-refractivity contribution in [3.63, 3.8) is 0 Å². The zero-order valence-electron chi connectivity index (χ0n) is 8.12. The van der Waals surface area contributed by atoms with E-state index in [1.54, 1.807) is 0 Å². The topological polar surface area (TPSA) is 12.5 Å². The number of likely N-dealkylation sites (N-methyl/N-ethyl adjacent to an activating group) is 1. The molecule has 0 radical (unpaired) electrons. The second-order valence-electron chi connectivity index (χ2n) is 4.17. The van der Waals surface area contributed by atoms with Gasteiger partial charge in [-0.1, -0.05) is 6.92 Å². The molecular formula is C10H19NO. The van der Waals surface area contributed by atoms with Crippen LogP contribution in [0.5, 0.6) is 0 Å². The molecule has 2 heteroatoms. The monoisotopic (exact) mass is 169 g/mol. The fraction of sp³-hybridized carbons (Fsp3) is 1.00. The number of hydrogen-bond donors (Lipinski definition) is 0. The minimum atomic E-state index is 0.448. The summed E-state index contributed by atoms with van der Waals surface area (Å²) in [7, 11) is 0. The van der Waals surface area contributed by atoms with Gasteiger partial charge >= 0.3 is 0 Å². The molecule has 2 aliphatic rings. The molecule has 0 aromatic heterocycles. The Kier molecular flexibility index (Phi) is 2.37. The third kappa shape index (κ3) is 1.80. The normalized spacial score (nSPS) is 38.5. The van der Waals surface area contributed by atoms with E-state index in [0.29, 0.717) is 12.2 Å². The van der Waals surface area contributed by atoms with Crippen molar-refractivity contribution >= 4 is 0 Å². The zero-order valence-corrected chi connectivity index (χ0v) is 8.12. The second kappa shape index (κ2) is 3.35. The number of ether oxygens (including phenoxy) is 1. The minimum Gasteiger partial charge on any atom is -0.372 e. The summed E-state index contributed by atoms with van der Waals surface area (Å²) in [5.41, 5.74) is 0. The molecule has 0 aromatic rings. The van der Waals surface area contributed by atoms with Crippen LogP contribution in [0.15, 0.2) is 0 Å². The molecule has 2 unspecified atom stereocenters. The largest absolute Gasteiger partial charge is 0.372 e. The minimum absolute atomic E-state index is 0.448. The van der Waals surface area contributed by atoms with Crippen LogP contribution < -0.4 is 0 Å². The lowest BCUT2D eigenvalue weighted by atomic mass is 10.1. The molecule has 70 valence electrons. The molecule has 2 atom stereocenters. The Morgan fingerprint density at radius 2 is 2.08 bits per heavy atom. The number of nitrogens with zero attached hydrogens (tertiary/aromatic N) is 1. The summed E-state index contributed by atoms with van der Waals surface area (Å²) >= 11 is 0. The van der Waals surface area contributed by atoms with Crippen molar-refractivity contribution in [1.29, 1.82) is 0 Å². The Balaban J connectivity index is 1.88. The van der Waals surface area contributed by atoms with E-state index in [9.17, 15) is 0 Å². The third-order valence-electron chi connectivity index (χ3n) is 2.96. The van der Waals surface area contributed by atoms with Crippen LogP contribution in [0.3, 0.4) is 0 Å². The highest BCUT2D eigenvalue weighted by molar-refractivity contribution is 4.87. The van der Waals surface area contributed by atoms with Crippen LogP contribution >= 0.6 is 0 Å². The first-order chi connectivity index (χ1) is 5.79. The van der Waals surface area contributed by atoms with Gasteiger partial charge in [-0.25, -0.2) is 0 Å². The van der Waals surface area contributed by atoms with Gasteiger partial charge in [-0.05, 0) is 32.2 Å². The molecule has 1 saturated heterocycles. The molecule has 0 aromatic carbocycles. The maximum Gasteiger partial charge on any atom is 0.0734 e. The molecule has 2 nitrogen and oxygen atoms in total. The molecule has 1 aliphatic heterocycles. The van der Waals surface area contributed by atoms with E-state index in [4.69, 9.17) is 4.74 Å². The lowest BCUT2D eigenvalue weighted by Crippen LogP contribution is -2.47. The Hall–Kier alpha value is -0.0800. The lowest BCUT2D eigenvalue weighted by Gasteiger charge is -2.36. The first-order valence-corrected chi connectivity index (χ1v) is 5.17. The van der Waals surface area contributed by atoms with Gasteiger partial charge in [-0.2, -0.15) is 0 Å². The van der Waals surface area contributed by atoms with Crippen LogP contribution in [-0.4, -0.2) is 36.7 Å². The Labute approximate surface area is 74.9 Å². The summed E-state index contributed by atoms with van der Waals surface area (Å²) in [6.07, 6.45) is 3.79. The summed E-state index contributed by atoms with van der Waals surface area (Å²) in [4.78, 5) is 2.51.